The first-order valence-corrected chi connectivity index (χ1v) is 7.01. The molecule has 0 bridgehead atoms. The zero-order valence-electron chi connectivity index (χ0n) is 11.2. The molecule has 0 nitrogen and oxygen atoms in total. The van der Waals surface area contributed by atoms with Crippen molar-refractivity contribution in [2.24, 2.45) is 11.8 Å². The van der Waals surface area contributed by atoms with Crippen LogP contribution < -0.4 is 0 Å². The van der Waals surface area contributed by atoms with E-state index < -0.39 is 0 Å². The first-order chi connectivity index (χ1) is 7.22. The molecule has 0 aliphatic rings. The van der Waals surface area contributed by atoms with E-state index in [9.17, 15) is 0 Å². The normalized spacial score (nSPS) is 13.4. The summed E-state index contributed by atoms with van der Waals surface area (Å²) in [5.41, 5.74) is 0. The van der Waals surface area contributed by atoms with Crippen LogP contribution in [0.4, 0.5) is 0 Å². The lowest BCUT2D eigenvalue weighted by molar-refractivity contribution is 0.347. The van der Waals surface area contributed by atoms with Gasteiger partial charge in [-0.2, -0.15) is 0 Å². The fourth-order valence-electron chi connectivity index (χ4n) is 2.17. The third-order valence-corrected chi connectivity index (χ3v) is 3.49. The Labute approximate surface area is 97.8 Å². The maximum Gasteiger partial charge on any atom is -0.0391 e. The van der Waals surface area contributed by atoms with Crippen LogP contribution in [0.2, 0.25) is 0 Å². The molecule has 0 N–H and O–H groups in total. The summed E-state index contributed by atoms with van der Waals surface area (Å²) in [7, 11) is 0. The van der Waals surface area contributed by atoms with E-state index >= 15 is 0 Å². The molecule has 0 fully saturated rings. The van der Waals surface area contributed by atoms with Gasteiger partial charge >= 0.3 is 0 Å². The highest BCUT2D eigenvalue weighted by molar-refractivity contribution is 4.64. The van der Waals surface area contributed by atoms with Gasteiger partial charge in [0, 0.05) is 0 Å². The van der Waals surface area contributed by atoms with E-state index in [1.165, 1.54) is 51.4 Å². The van der Waals surface area contributed by atoms with Crippen molar-refractivity contribution in [3.8, 4) is 0 Å². The highest BCUT2D eigenvalue weighted by atomic mass is 14.2. The van der Waals surface area contributed by atoms with Gasteiger partial charge in [0.2, 0.25) is 0 Å². The van der Waals surface area contributed by atoms with Gasteiger partial charge in [-0.05, 0) is 11.8 Å². The molecule has 0 spiro atoms. The Morgan fingerprint density at radius 1 is 0.867 bits per heavy atom. The molecule has 1 atom stereocenters. The molecular formula is C15H31. The van der Waals surface area contributed by atoms with Crippen LogP contribution in [0.1, 0.15) is 78.6 Å². The molecular weight excluding hydrogens is 180 g/mol. The second-order valence-electron chi connectivity index (χ2n) is 5.20. The van der Waals surface area contributed by atoms with E-state index in [2.05, 4.69) is 27.7 Å². The lowest BCUT2D eigenvalue weighted by atomic mass is 9.88. The SMILES string of the molecule is [CH2]CC(CCCCCCCCC)C(C)C. The lowest BCUT2D eigenvalue weighted by Gasteiger charge is -2.18. The molecule has 0 saturated carbocycles. The maximum atomic E-state index is 4.05. The second-order valence-corrected chi connectivity index (χ2v) is 5.20. The Bertz CT molecular complexity index is 115. The van der Waals surface area contributed by atoms with E-state index in [4.69, 9.17) is 0 Å². The Morgan fingerprint density at radius 3 is 1.87 bits per heavy atom. The van der Waals surface area contributed by atoms with E-state index in [0.717, 1.165) is 18.3 Å². The summed E-state index contributed by atoms with van der Waals surface area (Å²) in [6.07, 6.45) is 12.5. The number of rotatable bonds is 10. The highest BCUT2D eigenvalue weighted by Crippen LogP contribution is 2.22. The van der Waals surface area contributed by atoms with E-state index in [-0.39, 0.29) is 0 Å². The van der Waals surface area contributed by atoms with Gasteiger partial charge in [0.1, 0.15) is 0 Å². The van der Waals surface area contributed by atoms with Crippen molar-refractivity contribution < 1.29 is 0 Å². The number of hydrogen-bond acceptors (Lipinski definition) is 0. The van der Waals surface area contributed by atoms with Gasteiger partial charge < -0.3 is 0 Å². The van der Waals surface area contributed by atoms with Crippen molar-refractivity contribution in [1.29, 1.82) is 0 Å². The van der Waals surface area contributed by atoms with Gasteiger partial charge in [-0.3, -0.25) is 0 Å². The molecule has 0 aromatic heterocycles. The molecule has 0 aliphatic carbocycles. The number of hydrogen-bond donors (Lipinski definition) is 0. The van der Waals surface area contributed by atoms with Crippen LogP contribution >= 0.6 is 0 Å². The summed E-state index contributed by atoms with van der Waals surface area (Å²) >= 11 is 0. The molecule has 0 amide bonds. The fraction of sp³-hybridized carbons (Fsp3) is 0.933. The van der Waals surface area contributed by atoms with Crippen LogP contribution in [0, 0.1) is 18.8 Å². The van der Waals surface area contributed by atoms with Crippen molar-refractivity contribution in [2.75, 3.05) is 0 Å². The van der Waals surface area contributed by atoms with Crippen LogP contribution in [0.25, 0.3) is 0 Å². The van der Waals surface area contributed by atoms with E-state index in [1.54, 1.807) is 0 Å². The van der Waals surface area contributed by atoms with E-state index in [0.29, 0.717) is 0 Å². The van der Waals surface area contributed by atoms with Crippen LogP contribution in [0.3, 0.4) is 0 Å². The highest BCUT2D eigenvalue weighted by Gasteiger charge is 2.09. The molecule has 0 saturated heterocycles. The van der Waals surface area contributed by atoms with Crippen LogP contribution in [0.15, 0.2) is 0 Å². The Morgan fingerprint density at radius 2 is 1.40 bits per heavy atom. The molecule has 0 heterocycles. The zero-order valence-corrected chi connectivity index (χ0v) is 11.2. The monoisotopic (exact) mass is 211 g/mol. The molecule has 0 aromatic carbocycles. The predicted molar refractivity (Wildman–Crippen MR) is 70.9 cm³/mol. The quantitative estimate of drug-likeness (QED) is 0.411. The summed E-state index contributed by atoms with van der Waals surface area (Å²) in [6, 6.07) is 0. The van der Waals surface area contributed by atoms with Gasteiger partial charge in [0.25, 0.3) is 0 Å². The Kier molecular flexibility index (Phi) is 10.5. The second kappa shape index (κ2) is 10.5. The lowest BCUT2D eigenvalue weighted by Crippen LogP contribution is -2.07. The molecule has 1 radical (unpaired) electrons. The van der Waals surface area contributed by atoms with Gasteiger partial charge in [-0.1, -0.05) is 85.5 Å². The Hall–Kier alpha value is 0. The summed E-state index contributed by atoms with van der Waals surface area (Å²) < 4.78 is 0. The topological polar surface area (TPSA) is 0 Å². The molecule has 1 unspecified atom stereocenters. The first-order valence-electron chi connectivity index (χ1n) is 7.01. The van der Waals surface area contributed by atoms with Crippen LogP contribution in [0.5, 0.6) is 0 Å². The molecule has 15 heavy (non-hydrogen) atoms. The standard InChI is InChI=1S/C15H31/c1-5-7-8-9-10-11-12-13-15(6-2)14(3)4/h14-15H,2,5-13H2,1,3-4H3. The van der Waals surface area contributed by atoms with E-state index in [1.807, 2.05) is 0 Å². The molecule has 0 aromatic rings. The first kappa shape index (κ1) is 15.0. The minimum absolute atomic E-state index is 0.822. The average Bonchev–Trinajstić information content (AvgIpc) is 2.21. The van der Waals surface area contributed by atoms with Gasteiger partial charge in [0.05, 0.1) is 0 Å². The smallest absolute Gasteiger partial charge is 0.0391 e. The molecule has 0 rings (SSSR count). The van der Waals surface area contributed by atoms with Gasteiger partial charge in [0.15, 0.2) is 0 Å². The Balaban J connectivity index is 3.22. The number of unbranched alkanes of at least 4 members (excludes halogenated alkanes) is 6. The average molecular weight is 211 g/mol. The van der Waals surface area contributed by atoms with Gasteiger partial charge in [-0.25, -0.2) is 0 Å². The van der Waals surface area contributed by atoms with Crippen LogP contribution in [-0.2, 0) is 0 Å². The fourth-order valence-corrected chi connectivity index (χ4v) is 2.17. The minimum atomic E-state index is 0.822. The largest absolute Gasteiger partial charge is 0.0654 e. The van der Waals surface area contributed by atoms with Crippen molar-refractivity contribution in [2.45, 2.75) is 78.6 Å². The summed E-state index contributed by atoms with van der Waals surface area (Å²) in [5, 5.41) is 0. The predicted octanol–water partition coefficient (Wildman–Crippen LogP) is 5.62. The summed E-state index contributed by atoms with van der Waals surface area (Å²) in [4.78, 5) is 0. The van der Waals surface area contributed by atoms with Crippen molar-refractivity contribution in [3.63, 3.8) is 0 Å². The van der Waals surface area contributed by atoms with Crippen molar-refractivity contribution in [1.82, 2.24) is 0 Å². The summed E-state index contributed by atoms with van der Waals surface area (Å²) in [6.45, 7) is 11.0. The summed E-state index contributed by atoms with van der Waals surface area (Å²) in [5.74, 6) is 1.68. The third-order valence-electron chi connectivity index (χ3n) is 3.49. The zero-order chi connectivity index (χ0) is 11.5. The van der Waals surface area contributed by atoms with Crippen LogP contribution in [-0.4, -0.2) is 0 Å². The van der Waals surface area contributed by atoms with Gasteiger partial charge in [-0.15, -0.1) is 0 Å². The minimum Gasteiger partial charge on any atom is -0.0654 e. The molecule has 91 valence electrons. The third kappa shape index (κ3) is 8.96. The molecule has 0 heteroatoms. The van der Waals surface area contributed by atoms with Crippen molar-refractivity contribution >= 4 is 0 Å². The molecule has 0 aliphatic heterocycles. The van der Waals surface area contributed by atoms with Crippen molar-refractivity contribution in [3.05, 3.63) is 6.92 Å². The maximum absolute atomic E-state index is 4.05.